The van der Waals surface area contributed by atoms with E-state index in [0.717, 1.165) is 26.2 Å². The highest BCUT2D eigenvalue weighted by Crippen LogP contribution is 2.49. The van der Waals surface area contributed by atoms with Crippen molar-refractivity contribution in [2.24, 2.45) is 0 Å². The largest absolute Gasteiger partial charge is 0.343 e. The molecule has 1 heterocycles. The Kier molecular flexibility index (Phi) is 3.15. The fraction of sp³-hybridized carbons (Fsp3) is 0.0769. The van der Waals surface area contributed by atoms with Crippen LogP contribution in [0.1, 0.15) is 0 Å². The lowest BCUT2D eigenvalue weighted by molar-refractivity contribution is 1.11. The summed E-state index contributed by atoms with van der Waals surface area (Å²) >= 11 is 19.9. The molecule has 0 N–H and O–H groups in total. The molecule has 3 rings (SSSR count). The van der Waals surface area contributed by atoms with E-state index >= 15 is 0 Å². The zero-order valence-electron chi connectivity index (χ0n) is 9.38. The number of benzene rings is 2. The molecule has 18 heavy (non-hydrogen) atoms. The minimum Gasteiger partial charge on any atom is -0.343 e. The summed E-state index contributed by atoms with van der Waals surface area (Å²) in [5.41, 5.74) is 2.13. The maximum atomic E-state index is 6.08. The molecule has 0 fully saturated rings. The summed E-state index contributed by atoms with van der Waals surface area (Å²) < 4.78 is 0. The van der Waals surface area contributed by atoms with Gasteiger partial charge in [0, 0.05) is 21.9 Å². The Morgan fingerprint density at radius 3 is 2.33 bits per heavy atom. The van der Waals surface area contributed by atoms with Crippen molar-refractivity contribution in [3.63, 3.8) is 0 Å². The number of anilines is 2. The van der Waals surface area contributed by atoms with Crippen molar-refractivity contribution in [3.05, 3.63) is 45.4 Å². The fourth-order valence-electron chi connectivity index (χ4n) is 1.95. The molecule has 0 spiro atoms. The van der Waals surface area contributed by atoms with E-state index in [1.807, 2.05) is 37.4 Å². The van der Waals surface area contributed by atoms with Gasteiger partial charge in [-0.05, 0) is 30.3 Å². The van der Waals surface area contributed by atoms with Gasteiger partial charge in [0.15, 0.2) is 0 Å². The van der Waals surface area contributed by atoms with Gasteiger partial charge in [-0.1, -0.05) is 46.6 Å². The number of halogens is 3. The molecule has 2 aromatic carbocycles. The summed E-state index contributed by atoms with van der Waals surface area (Å²) in [6.45, 7) is 0. The second-order valence-corrected chi connectivity index (χ2v) is 6.34. The van der Waals surface area contributed by atoms with Crippen LogP contribution in [-0.2, 0) is 0 Å². The zero-order valence-corrected chi connectivity index (χ0v) is 12.5. The number of hydrogen-bond donors (Lipinski definition) is 0. The van der Waals surface area contributed by atoms with Gasteiger partial charge in [0.1, 0.15) is 0 Å². The highest BCUT2D eigenvalue weighted by Gasteiger charge is 2.22. The van der Waals surface area contributed by atoms with E-state index in [0.29, 0.717) is 10.0 Å². The van der Waals surface area contributed by atoms with Gasteiger partial charge in [0.2, 0.25) is 0 Å². The average Bonchev–Trinajstić information content (AvgIpc) is 2.33. The molecule has 0 aliphatic carbocycles. The van der Waals surface area contributed by atoms with Crippen LogP contribution in [0.15, 0.2) is 40.1 Å². The average molecular weight is 317 g/mol. The van der Waals surface area contributed by atoms with Gasteiger partial charge in [-0.15, -0.1) is 0 Å². The van der Waals surface area contributed by atoms with Crippen molar-refractivity contribution in [2.75, 3.05) is 11.9 Å². The predicted octanol–water partition coefficient (Wildman–Crippen LogP) is 5.88. The fourth-order valence-corrected chi connectivity index (χ4v) is 3.65. The Hall–Kier alpha value is -0.540. The van der Waals surface area contributed by atoms with Crippen LogP contribution in [0.5, 0.6) is 0 Å². The van der Waals surface area contributed by atoms with Gasteiger partial charge >= 0.3 is 0 Å². The standard InChI is InChI=1S/C13H8Cl3NS/c1-17-10-4-7(14)2-3-12(10)18-13-6-9(16)8(15)5-11(13)17/h2-6H,1H3. The molecule has 0 radical (unpaired) electrons. The Morgan fingerprint density at radius 1 is 0.889 bits per heavy atom. The molecular weight excluding hydrogens is 309 g/mol. The van der Waals surface area contributed by atoms with E-state index in [4.69, 9.17) is 34.8 Å². The zero-order chi connectivity index (χ0) is 12.9. The molecule has 0 aromatic heterocycles. The Bertz CT molecular complexity index is 642. The van der Waals surface area contributed by atoms with Crippen LogP contribution >= 0.6 is 46.6 Å². The van der Waals surface area contributed by atoms with Gasteiger partial charge in [0.05, 0.1) is 21.4 Å². The summed E-state index contributed by atoms with van der Waals surface area (Å²) in [5.74, 6) is 0. The van der Waals surface area contributed by atoms with Gasteiger partial charge in [-0.3, -0.25) is 0 Å². The van der Waals surface area contributed by atoms with Crippen molar-refractivity contribution in [1.82, 2.24) is 0 Å². The molecule has 1 aliphatic heterocycles. The molecule has 92 valence electrons. The minimum absolute atomic E-state index is 0.563. The molecule has 0 amide bonds. The Morgan fingerprint density at radius 2 is 1.56 bits per heavy atom. The number of fused-ring (bicyclic) bond motifs is 2. The van der Waals surface area contributed by atoms with Crippen LogP contribution in [0, 0.1) is 0 Å². The van der Waals surface area contributed by atoms with Crippen LogP contribution in [0.2, 0.25) is 15.1 Å². The van der Waals surface area contributed by atoms with E-state index < -0.39 is 0 Å². The maximum absolute atomic E-state index is 6.08. The third-order valence-electron chi connectivity index (χ3n) is 2.87. The van der Waals surface area contributed by atoms with Crippen LogP contribution in [0.4, 0.5) is 11.4 Å². The quantitative estimate of drug-likeness (QED) is 0.597. The molecule has 0 saturated carbocycles. The monoisotopic (exact) mass is 315 g/mol. The summed E-state index contributed by atoms with van der Waals surface area (Å²) in [6, 6.07) is 9.65. The van der Waals surface area contributed by atoms with Gasteiger partial charge < -0.3 is 4.90 Å². The SMILES string of the molecule is CN1c2cc(Cl)ccc2Sc2cc(Cl)c(Cl)cc21. The topological polar surface area (TPSA) is 3.24 Å². The maximum Gasteiger partial charge on any atom is 0.0613 e. The first-order valence-corrected chi connectivity index (χ1v) is 7.21. The van der Waals surface area contributed by atoms with Crippen molar-refractivity contribution >= 4 is 57.9 Å². The predicted molar refractivity (Wildman–Crippen MR) is 80.1 cm³/mol. The lowest BCUT2D eigenvalue weighted by Crippen LogP contribution is -2.14. The van der Waals surface area contributed by atoms with E-state index in [1.54, 1.807) is 11.8 Å². The molecular formula is C13H8Cl3NS. The highest BCUT2D eigenvalue weighted by molar-refractivity contribution is 7.99. The van der Waals surface area contributed by atoms with Crippen molar-refractivity contribution in [3.8, 4) is 0 Å². The first-order valence-electron chi connectivity index (χ1n) is 5.26. The van der Waals surface area contributed by atoms with Crippen LogP contribution in [-0.4, -0.2) is 7.05 Å². The normalized spacial score (nSPS) is 13.2. The summed E-state index contributed by atoms with van der Waals surface area (Å²) in [6.07, 6.45) is 0. The highest BCUT2D eigenvalue weighted by atomic mass is 35.5. The molecule has 0 saturated heterocycles. The number of rotatable bonds is 0. The third-order valence-corrected chi connectivity index (χ3v) is 4.93. The van der Waals surface area contributed by atoms with E-state index in [2.05, 4.69) is 4.90 Å². The molecule has 1 nitrogen and oxygen atoms in total. The molecule has 0 atom stereocenters. The third kappa shape index (κ3) is 1.97. The first kappa shape index (κ1) is 12.5. The molecule has 1 aliphatic rings. The number of hydrogen-bond acceptors (Lipinski definition) is 2. The van der Waals surface area contributed by atoms with E-state index in [1.165, 1.54) is 0 Å². The molecule has 0 bridgehead atoms. The Balaban J connectivity index is 2.19. The van der Waals surface area contributed by atoms with Crippen molar-refractivity contribution in [1.29, 1.82) is 0 Å². The smallest absolute Gasteiger partial charge is 0.0613 e. The van der Waals surface area contributed by atoms with Crippen molar-refractivity contribution in [2.45, 2.75) is 9.79 Å². The summed E-state index contributed by atoms with van der Waals surface area (Å²) in [7, 11) is 2.00. The first-order chi connectivity index (χ1) is 8.56. The number of nitrogens with zero attached hydrogens (tertiary/aromatic N) is 1. The minimum atomic E-state index is 0.563. The van der Waals surface area contributed by atoms with Gasteiger partial charge in [-0.2, -0.15) is 0 Å². The Labute approximate surface area is 125 Å². The lowest BCUT2D eigenvalue weighted by atomic mass is 10.2. The van der Waals surface area contributed by atoms with Gasteiger partial charge in [-0.25, -0.2) is 0 Å². The van der Waals surface area contributed by atoms with Gasteiger partial charge in [0.25, 0.3) is 0 Å². The van der Waals surface area contributed by atoms with Crippen molar-refractivity contribution < 1.29 is 0 Å². The van der Waals surface area contributed by atoms with E-state index in [9.17, 15) is 0 Å². The van der Waals surface area contributed by atoms with Crippen LogP contribution < -0.4 is 4.90 Å². The molecule has 5 heteroatoms. The molecule has 2 aromatic rings. The van der Waals surface area contributed by atoms with Crippen LogP contribution in [0.3, 0.4) is 0 Å². The summed E-state index contributed by atoms with van der Waals surface area (Å²) in [4.78, 5) is 4.34. The molecule has 0 unspecified atom stereocenters. The van der Waals surface area contributed by atoms with E-state index in [-0.39, 0.29) is 0 Å². The lowest BCUT2D eigenvalue weighted by Gasteiger charge is -2.29. The second kappa shape index (κ2) is 4.53. The van der Waals surface area contributed by atoms with Crippen LogP contribution in [0.25, 0.3) is 0 Å². The second-order valence-electron chi connectivity index (χ2n) is 4.01. The summed E-state index contributed by atoms with van der Waals surface area (Å²) in [5, 5.41) is 1.87.